The van der Waals surface area contributed by atoms with Crippen molar-refractivity contribution in [1.82, 2.24) is 14.9 Å². The number of ether oxygens (including phenoxy) is 1. The fourth-order valence-electron chi connectivity index (χ4n) is 4.42. The second-order valence-electron chi connectivity index (χ2n) is 7.69. The number of hydrogen-bond acceptors (Lipinski definition) is 6. The summed E-state index contributed by atoms with van der Waals surface area (Å²) < 4.78 is 30.6. The summed E-state index contributed by atoms with van der Waals surface area (Å²) in [5.74, 6) is 0.955. The first-order valence-corrected chi connectivity index (χ1v) is 11.6. The predicted octanol–water partition coefficient (Wildman–Crippen LogP) is 0.827. The molecule has 1 unspecified atom stereocenters. The van der Waals surface area contributed by atoms with Gasteiger partial charge in [0.05, 0.1) is 13.4 Å². The third-order valence-corrected chi connectivity index (χ3v) is 6.54. The van der Waals surface area contributed by atoms with Crippen LogP contribution in [0.5, 0.6) is 0 Å². The molecule has 0 amide bonds. The molecule has 1 fully saturated rings. The Hall–Kier alpha value is -1.35. The average Bonchev–Trinajstić information content (AvgIpc) is 2.64. The van der Waals surface area contributed by atoms with Gasteiger partial charge in [-0.05, 0) is 55.5 Å². The largest absolute Gasteiger partial charge is 0.497 e. The Morgan fingerprint density at radius 3 is 2.85 bits per heavy atom. The Morgan fingerprint density at radius 1 is 1.33 bits per heavy atom. The van der Waals surface area contributed by atoms with Crippen LogP contribution in [0, 0.1) is 0 Å². The SMILES string of the molecule is COC1=CCC2=C3CC(CCN)(NCCNS(C)(=O)=O)CCN3CCC2=C1. The topological polar surface area (TPSA) is 96.7 Å². The number of nitrogens with one attached hydrogen (secondary N) is 2. The Morgan fingerprint density at radius 2 is 2.15 bits per heavy atom. The molecule has 3 aliphatic rings. The molecule has 0 bridgehead atoms. The average molecular weight is 397 g/mol. The monoisotopic (exact) mass is 396 g/mol. The predicted molar refractivity (Wildman–Crippen MR) is 107 cm³/mol. The Labute approximate surface area is 162 Å². The van der Waals surface area contributed by atoms with Gasteiger partial charge in [0.1, 0.15) is 5.76 Å². The molecule has 1 saturated heterocycles. The van der Waals surface area contributed by atoms with E-state index in [1.165, 1.54) is 23.1 Å². The fourth-order valence-corrected chi connectivity index (χ4v) is 4.89. The van der Waals surface area contributed by atoms with Gasteiger partial charge in [-0.25, -0.2) is 13.1 Å². The molecule has 1 aliphatic carbocycles. The molecule has 8 heteroatoms. The van der Waals surface area contributed by atoms with Gasteiger partial charge in [0, 0.05) is 43.8 Å². The van der Waals surface area contributed by atoms with Crippen LogP contribution in [0.25, 0.3) is 0 Å². The van der Waals surface area contributed by atoms with Crippen LogP contribution in [0.1, 0.15) is 32.1 Å². The first kappa shape index (κ1) is 20.4. The molecule has 3 rings (SSSR count). The molecular formula is C19H32N4O3S. The lowest BCUT2D eigenvalue weighted by Crippen LogP contribution is -2.55. The van der Waals surface area contributed by atoms with Crippen LogP contribution >= 0.6 is 0 Å². The maximum Gasteiger partial charge on any atom is 0.208 e. The van der Waals surface area contributed by atoms with E-state index in [0.29, 0.717) is 19.6 Å². The standard InChI is InChI=1S/C19H32N4O3S/c1-26-16-3-4-17-15(13-16)5-11-23-12-7-19(6-8-20,14-18(17)23)21-9-10-22-27(2,24)25/h3,13,21-22H,4-12,14,20H2,1-2H3. The summed E-state index contributed by atoms with van der Waals surface area (Å²) in [4.78, 5) is 2.52. The molecule has 0 saturated carbocycles. The molecule has 1 atom stereocenters. The van der Waals surface area contributed by atoms with Crippen molar-refractivity contribution in [2.45, 2.75) is 37.6 Å². The van der Waals surface area contributed by atoms with Crippen LogP contribution < -0.4 is 15.8 Å². The van der Waals surface area contributed by atoms with Crippen molar-refractivity contribution in [1.29, 1.82) is 0 Å². The summed E-state index contributed by atoms with van der Waals surface area (Å²) in [6.45, 7) is 3.68. The highest BCUT2D eigenvalue weighted by Gasteiger charge is 2.39. The lowest BCUT2D eigenvalue weighted by atomic mass is 9.77. The molecule has 7 nitrogen and oxygen atoms in total. The third-order valence-electron chi connectivity index (χ3n) is 5.81. The number of nitrogens with two attached hydrogens (primary N) is 1. The minimum absolute atomic E-state index is 0.0690. The molecule has 2 aliphatic heterocycles. The lowest BCUT2D eigenvalue weighted by molar-refractivity contribution is 0.166. The van der Waals surface area contributed by atoms with Crippen molar-refractivity contribution in [2.75, 3.05) is 46.1 Å². The highest BCUT2D eigenvalue weighted by atomic mass is 32.2. The van der Waals surface area contributed by atoms with Gasteiger partial charge in [-0.1, -0.05) is 0 Å². The van der Waals surface area contributed by atoms with Crippen molar-refractivity contribution < 1.29 is 13.2 Å². The maximum absolute atomic E-state index is 11.3. The molecule has 4 N–H and O–H groups in total. The van der Waals surface area contributed by atoms with Gasteiger partial charge >= 0.3 is 0 Å². The second kappa shape index (κ2) is 8.34. The highest BCUT2D eigenvalue weighted by molar-refractivity contribution is 7.88. The number of fused-ring (bicyclic) bond motifs is 2. The number of hydrogen-bond donors (Lipinski definition) is 3. The van der Waals surface area contributed by atoms with Crippen molar-refractivity contribution in [3.05, 3.63) is 34.8 Å². The van der Waals surface area contributed by atoms with E-state index < -0.39 is 10.0 Å². The molecule has 0 radical (unpaired) electrons. The van der Waals surface area contributed by atoms with Crippen molar-refractivity contribution in [2.24, 2.45) is 5.73 Å². The fraction of sp³-hybridized carbons (Fsp3) is 0.684. The smallest absolute Gasteiger partial charge is 0.208 e. The molecule has 152 valence electrons. The number of rotatable bonds is 8. The molecule has 0 spiro atoms. The molecule has 27 heavy (non-hydrogen) atoms. The van der Waals surface area contributed by atoms with E-state index in [0.717, 1.165) is 51.0 Å². The van der Waals surface area contributed by atoms with Crippen LogP contribution in [-0.4, -0.2) is 64.9 Å². The van der Waals surface area contributed by atoms with E-state index >= 15 is 0 Å². The number of piperidine rings is 1. The van der Waals surface area contributed by atoms with Gasteiger partial charge < -0.3 is 20.7 Å². The summed E-state index contributed by atoms with van der Waals surface area (Å²) in [5.41, 5.74) is 10.1. The zero-order valence-electron chi connectivity index (χ0n) is 16.4. The Balaban J connectivity index is 1.75. The van der Waals surface area contributed by atoms with Gasteiger partial charge in [0.2, 0.25) is 10.0 Å². The molecular weight excluding hydrogens is 364 g/mol. The van der Waals surface area contributed by atoms with Gasteiger partial charge in [0.15, 0.2) is 0 Å². The number of sulfonamides is 1. The summed E-state index contributed by atoms with van der Waals surface area (Å²) in [5, 5.41) is 3.63. The molecule has 0 aromatic carbocycles. The maximum atomic E-state index is 11.3. The van der Waals surface area contributed by atoms with Gasteiger partial charge in [-0.15, -0.1) is 0 Å². The van der Waals surface area contributed by atoms with E-state index in [1.54, 1.807) is 7.11 Å². The van der Waals surface area contributed by atoms with Crippen LogP contribution in [0.4, 0.5) is 0 Å². The quantitative estimate of drug-likeness (QED) is 0.526. The van der Waals surface area contributed by atoms with E-state index in [-0.39, 0.29) is 5.54 Å². The molecule has 0 aromatic heterocycles. The van der Waals surface area contributed by atoms with Crippen LogP contribution in [0.15, 0.2) is 34.8 Å². The highest BCUT2D eigenvalue weighted by Crippen LogP contribution is 2.41. The number of allylic oxidation sites excluding steroid dienone is 3. The summed E-state index contributed by atoms with van der Waals surface area (Å²) in [6, 6.07) is 0. The normalized spacial score (nSPS) is 25.5. The van der Waals surface area contributed by atoms with Crippen LogP contribution in [0.2, 0.25) is 0 Å². The van der Waals surface area contributed by atoms with E-state index in [4.69, 9.17) is 10.5 Å². The Kier molecular flexibility index (Phi) is 6.30. The van der Waals surface area contributed by atoms with Gasteiger partial charge in [-0.3, -0.25) is 0 Å². The minimum Gasteiger partial charge on any atom is -0.497 e. The molecule has 0 aromatic rings. The third kappa shape index (κ3) is 4.93. The van der Waals surface area contributed by atoms with E-state index in [2.05, 4.69) is 27.1 Å². The van der Waals surface area contributed by atoms with Crippen molar-refractivity contribution >= 4 is 10.0 Å². The van der Waals surface area contributed by atoms with E-state index in [9.17, 15) is 8.42 Å². The zero-order valence-corrected chi connectivity index (χ0v) is 17.2. The van der Waals surface area contributed by atoms with Crippen molar-refractivity contribution in [3.63, 3.8) is 0 Å². The van der Waals surface area contributed by atoms with Gasteiger partial charge in [0.25, 0.3) is 0 Å². The van der Waals surface area contributed by atoms with Crippen LogP contribution in [-0.2, 0) is 14.8 Å². The second-order valence-corrected chi connectivity index (χ2v) is 9.52. The van der Waals surface area contributed by atoms with E-state index in [1.807, 2.05) is 0 Å². The summed E-state index contributed by atoms with van der Waals surface area (Å²) >= 11 is 0. The summed E-state index contributed by atoms with van der Waals surface area (Å²) in [6.07, 6.45) is 10.3. The summed E-state index contributed by atoms with van der Waals surface area (Å²) in [7, 11) is -1.44. The minimum atomic E-state index is -3.16. The first-order valence-electron chi connectivity index (χ1n) is 9.68. The van der Waals surface area contributed by atoms with Gasteiger partial charge in [-0.2, -0.15) is 0 Å². The zero-order chi connectivity index (χ0) is 19.5. The lowest BCUT2D eigenvalue weighted by Gasteiger charge is -2.48. The van der Waals surface area contributed by atoms with Crippen molar-refractivity contribution in [3.8, 4) is 0 Å². The molecule has 2 heterocycles. The first-order chi connectivity index (χ1) is 12.9. The Bertz CT molecular complexity index is 757. The van der Waals surface area contributed by atoms with Crippen LogP contribution in [0.3, 0.4) is 0 Å². The number of nitrogens with zero attached hydrogens (tertiary/aromatic N) is 1. The number of methoxy groups -OCH3 is 1.